The molecule has 0 radical (unpaired) electrons. The summed E-state index contributed by atoms with van der Waals surface area (Å²) in [5, 5.41) is 7.07. The fraction of sp³-hybridized carbons (Fsp3) is 0.400. The second-order valence-corrected chi connectivity index (χ2v) is 5.87. The second kappa shape index (κ2) is 7.62. The molecule has 1 heterocycles. The molecule has 5 heteroatoms. The standard InChI is InChI=1S/C15H19ClN2OS/c1-3-5-15-18-11(10-20-15)9-19-14-7-4-6-13(16)12(14)8-17-2/h4,6-7,10,17H,3,5,8-9H2,1-2H3. The molecule has 0 spiro atoms. The Balaban J connectivity index is 2.04. The van der Waals surface area contributed by atoms with Crippen LogP contribution in [0.3, 0.4) is 0 Å². The summed E-state index contributed by atoms with van der Waals surface area (Å²) in [6, 6.07) is 5.72. The zero-order valence-corrected chi connectivity index (χ0v) is 13.4. The molecule has 1 N–H and O–H groups in total. The van der Waals surface area contributed by atoms with E-state index < -0.39 is 0 Å². The maximum atomic E-state index is 6.20. The molecular weight excluding hydrogens is 292 g/mol. The zero-order valence-electron chi connectivity index (χ0n) is 11.8. The van der Waals surface area contributed by atoms with Gasteiger partial charge in [-0.3, -0.25) is 0 Å². The minimum atomic E-state index is 0.483. The highest BCUT2D eigenvalue weighted by Crippen LogP contribution is 2.27. The van der Waals surface area contributed by atoms with E-state index in [1.54, 1.807) is 11.3 Å². The molecule has 1 aromatic carbocycles. The van der Waals surface area contributed by atoms with E-state index in [1.165, 1.54) is 5.01 Å². The summed E-state index contributed by atoms with van der Waals surface area (Å²) in [6.45, 7) is 3.33. The number of ether oxygens (including phenoxy) is 1. The second-order valence-electron chi connectivity index (χ2n) is 4.52. The molecule has 0 unspecified atom stereocenters. The topological polar surface area (TPSA) is 34.1 Å². The fourth-order valence-electron chi connectivity index (χ4n) is 1.92. The van der Waals surface area contributed by atoms with Crippen molar-refractivity contribution in [3.63, 3.8) is 0 Å². The van der Waals surface area contributed by atoms with Crippen LogP contribution < -0.4 is 10.1 Å². The first kappa shape index (κ1) is 15.3. The van der Waals surface area contributed by atoms with Crippen LogP contribution in [0.1, 0.15) is 29.6 Å². The van der Waals surface area contributed by atoms with Crippen LogP contribution in [-0.4, -0.2) is 12.0 Å². The first-order valence-corrected chi connectivity index (χ1v) is 7.98. The lowest BCUT2D eigenvalue weighted by Gasteiger charge is -2.11. The Morgan fingerprint density at radius 2 is 2.25 bits per heavy atom. The molecule has 0 bridgehead atoms. The van der Waals surface area contributed by atoms with Crippen molar-refractivity contribution in [3.8, 4) is 5.75 Å². The molecule has 108 valence electrons. The van der Waals surface area contributed by atoms with Crippen LogP contribution in [0.15, 0.2) is 23.6 Å². The van der Waals surface area contributed by atoms with Crippen LogP contribution in [0.2, 0.25) is 5.02 Å². The molecule has 20 heavy (non-hydrogen) atoms. The van der Waals surface area contributed by atoms with Gasteiger partial charge >= 0.3 is 0 Å². The third-order valence-corrected chi connectivity index (χ3v) is 4.18. The maximum absolute atomic E-state index is 6.20. The largest absolute Gasteiger partial charge is 0.487 e. The first-order valence-electron chi connectivity index (χ1n) is 6.72. The molecular formula is C15H19ClN2OS. The summed E-state index contributed by atoms with van der Waals surface area (Å²) >= 11 is 7.90. The van der Waals surface area contributed by atoms with Crippen LogP contribution in [-0.2, 0) is 19.6 Å². The Kier molecular flexibility index (Phi) is 5.83. The third kappa shape index (κ3) is 3.95. The predicted molar refractivity (Wildman–Crippen MR) is 84.7 cm³/mol. The van der Waals surface area contributed by atoms with Crippen molar-refractivity contribution < 1.29 is 4.74 Å². The molecule has 0 aliphatic heterocycles. The Labute approximate surface area is 129 Å². The average Bonchev–Trinajstić information content (AvgIpc) is 2.88. The van der Waals surface area contributed by atoms with Gasteiger partial charge in [0.1, 0.15) is 12.4 Å². The molecule has 2 rings (SSSR count). The average molecular weight is 311 g/mol. The van der Waals surface area contributed by atoms with Crippen molar-refractivity contribution >= 4 is 22.9 Å². The predicted octanol–water partition coefficient (Wildman–Crippen LogP) is 4.05. The molecule has 0 saturated heterocycles. The van der Waals surface area contributed by atoms with Gasteiger partial charge in [-0.1, -0.05) is 24.6 Å². The number of aryl methyl sites for hydroxylation is 1. The fourth-order valence-corrected chi connectivity index (χ4v) is 3.04. The number of benzene rings is 1. The van der Waals surface area contributed by atoms with Crippen molar-refractivity contribution in [3.05, 3.63) is 44.9 Å². The van der Waals surface area contributed by atoms with Crippen LogP contribution in [0.25, 0.3) is 0 Å². The Hall–Kier alpha value is -1.10. The van der Waals surface area contributed by atoms with E-state index in [-0.39, 0.29) is 0 Å². The number of nitrogens with zero attached hydrogens (tertiary/aromatic N) is 1. The lowest BCUT2D eigenvalue weighted by Crippen LogP contribution is -2.08. The van der Waals surface area contributed by atoms with E-state index in [0.717, 1.165) is 34.9 Å². The van der Waals surface area contributed by atoms with Gasteiger partial charge in [0.15, 0.2) is 0 Å². The van der Waals surface area contributed by atoms with Gasteiger partial charge in [-0.2, -0.15) is 0 Å². The highest BCUT2D eigenvalue weighted by molar-refractivity contribution is 7.09. The smallest absolute Gasteiger partial charge is 0.131 e. The van der Waals surface area contributed by atoms with Gasteiger partial charge in [0.2, 0.25) is 0 Å². The molecule has 0 amide bonds. The molecule has 1 aromatic heterocycles. The van der Waals surface area contributed by atoms with Crippen LogP contribution in [0.5, 0.6) is 5.75 Å². The lowest BCUT2D eigenvalue weighted by atomic mass is 10.2. The van der Waals surface area contributed by atoms with E-state index in [9.17, 15) is 0 Å². The van der Waals surface area contributed by atoms with E-state index >= 15 is 0 Å². The molecule has 2 aromatic rings. The minimum absolute atomic E-state index is 0.483. The summed E-state index contributed by atoms with van der Waals surface area (Å²) in [5.41, 5.74) is 1.97. The number of aromatic nitrogens is 1. The number of halogens is 1. The highest BCUT2D eigenvalue weighted by Gasteiger charge is 2.09. The summed E-state index contributed by atoms with van der Waals surface area (Å²) in [4.78, 5) is 4.56. The normalized spacial score (nSPS) is 10.8. The van der Waals surface area contributed by atoms with Crippen molar-refractivity contribution in [2.75, 3.05) is 7.05 Å². The SMILES string of the molecule is CCCc1nc(COc2cccc(Cl)c2CNC)cs1. The van der Waals surface area contributed by atoms with E-state index in [1.807, 2.05) is 25.2 Å². The number of thiazole rings is 1. The Bertz CT molecular complexity index is 557. The lowest BCUT2D eigenvalue weighted by molar-refractivity contribution is 0.298. The van der Waals surface area contributed by atoms with Gasteiger partial charge in [-0.15, -0.1) is 11.3 Å². The van der Waals surface area contributed by atoms with E-state index in [4.69, 9.17) is 16.3 Å². The quantitative estimate of drug-likeness (QED) is 0.838. The Morgan fingerprint density at radius 3 is 3.00 bits per heavy atom. The van der Waals surface area contributed by atoms with Crippen LogP contribution in [0, 0.1) is 0 Å². The summed E-state index contributed by atoms with van der Waals surface area (Å²) < 4.78 is 5.87. The third-order valence-electron chi connectivity index (χ3n) is 2.87. The van der Waals surface area contributed by atoms with Crippen molar-refractivity contribution in [2.24, 2.45) is 0 Å². The number of hydrogen-bond acceptors (Lipinski definition) is 4. The van der Waals surface area contributed by atoms with Gasteiger partial charge in [-0.25, -0.2) is 4.98 Å². The molecule has 0 atom stereocenters. The van der Waals surface area contributed by atoms with Crippen molar-refractivity contribution in [2.45, 2.75) is 32.9 Å². The Morgan fingerprint density at radius 1 is 1.40 bits per heavy atom. The number of nitrogens with one attached hydrogen (secondary N) is 1. The van der Waals surface area contributed by atoms with Gasteiger partial charge in [-0.05, 0) is 32.0 Å². The molecule has 0 saturated carbocycles. The minimum Gasteiger partial charge on any atom is -0.487 e. The molecule has 0 fully saturated rings. The summed E-state index contributed by atoms with van der Waals surface area (Å²) in [6.07, 6.45) is 2.15. The van der Waals surface area contributed by atoms with Crippen LogP contribution in [0.4, 0.5) is 0 Å². The molecule has 0 aliphatic carbocycles. The van der Waals surface area contributed by atoms with Gasteiger partial charge < -0.3 is 10.1 Å². The monoisotopic (exact) mass is 310 g/mol. The summed E-state index contributed by atoms with van der Waals surface area (Å²) in [5.74, 6) is 0.817. The van der Waals surface area contributed by atoms with Crippen molar-refractivity contribution in [1.29, 1.82) is 0 Å². The van der Waals surface area contributed by atoms with Crippen molar-refractivity contribution in [1.82, 2.24) is 10.3 Å². The molecule has 3 nitrogen and oxygen atoms in total. The number of hydrogen-bond donors (Lipinski definition) is 1. The van der Waals surface area contributed by atoms with Gasteiger partial charge in [0, 0.05) is 22.5 Å². The maximum Gasteiger partial charge on any atom is 0.131 e. The van der Waals surface area contributed by atoms with E-state index in [2.05, 4.69) is 22.6 Å². The van der Waals surface area contributed by atoms with Crippen LogP contribution >= 0.6 is 22.9 Å². The first-order chi connectivity index (χ1) is 9.74. The van der Waals surface area contributed by atoms with Gasteiger partial charge in [0.05, 0.1) is 10.7 Å². The van der Waals surface area contributed by atoms with Gasteiger partial charge in [0.25, 0.3) is 0 Å². The summed E-state index contributed by atoms with van der Waals surface area (Å²) in [7, 11) is 1.89. The zero-order chi connectivity index (χ0) is 14.4. The highest BCUT2D eigenvalue weighted by atomic mass is 35.5. The molecule has 0 aliphatic rings. The van der Waals surface area contributed by atoms with E-state index in [0.29, 0.717) is 13.2 Å². The number of rotatable bonds is 7.